The van der Waals surface area contributed by atoms with E-state index in [9.17, 15) is 0 Å². The van der Waals surface area contributed by atoms with Crippen molar-refractivity contribution in [2.45, 2.75) is 12.0 Å². The summed E-state index contributed by atoms with van der Waals surface area (Å²) < 4.78 is 2.43. The van der Waals surface area contributed by atoms with Crippen molar-refractivity contribution < 1.29 is 0 Å². The predicted molar refractivity (Wildman–Crippen MR) is 259 cm³/mol. The molecule has 2 aromatic heterocycles. The van der Waals surface area contributed by atoms with Gasteiger partial charge in [-0.1, -0.05) is 164 Å². The number of fused-ring (bicyclic) bond motifs is 9. The van der Waals surface area contributed by atoms with Crippen LogP contribution in [-0.4, -0.2) is 20.6 Å². The van der Waals surface area contributed by atoms with Gasteiger partial charge >= 0.3 is 0 Å². The summed E-state index contributed by atoms with van der Waals surface area (Å²) in [6.45, 7) is 0. The molecule has 0 saturated heterocycles. The molecule has 2 unspecified atom stereocenters. The van der Waals surface area contributed by atoms with Crippen LogP contribution in [-0.2, 0) is 0 Å². The van der Waals surface area contributed by atoms with Crippen LogP contribution in [0.3, 0.4) is 0 Å². The third kappa shape index (κ3) is 5.47. The molecule has 62 heavy (non-hydrogen) atoms. The van der Waals surface area contributed by atoms with Crippen LogP contribution in [0.4, 0.5) is 11.6 Å². The number of benzene rings is 9. The summed E-state index contributed by atoms with van der Waals surface area (Å²) in [4.78, 5) is 13.2. The van der Waals surface area contributed by atoms with Crippen LogP contribution in [0.2, 0.25) is 0 Å². The third-order valence-corrected chi connectivity index (χ3v) is 13.1. The number of rotatable bonds is 5. The highest BCUT2D eigenvalue weighted by Crippen LogP contribution is 2.49. The smallest absolute Gasteiger partial charge is 0.231 e. The van der Waals surface area contributed by atoms with Crippen LogP contribution in [0.1, 0.15) is 11.5 Å². The molecule has 0 saturated carbocycles. The normalized spacial score (nSPS) is 15.6. The number of allylic oxidation sites excluding steroid dienone is 2. The zero-order valence-corrected chi connectivity index (χ0v) is 33.7. The number of para-hydroxylation sites is 1. The van der Waals surface area contributed by atoms with Gasteiger partial charge in [0.25, 0.3) is 0 Å². The fraction of sp³-hybridized carbons (Fsp3) is 0.0345. The fourth-order valence-corrected chi connectivity index (χ4v) is 10.1. The summed E-state index contributed by atoms with van der Waals surface area (Å²) >= 11 is 0. The lowest BCUT2D eigenvalue weighted by molar-refractivity contribution is 0.730. The molecule has 4 heteroatoms. The molecule has 0 bridgehead atoms. The maximum Gasteiger partial charge on any atom is 0.231 e. The van der Waals surface area contributed by atoms with Crippen molar-refractivity contribution in [3.05, 3.63) is 224 Å². The summed E-state index contributed by atoms with van der Waals surface area (Å²) in [5.74, 6) is 0.840. The summed E-state index contributed by atoms with van der Waals surface area (Å²) in [6, 6.07) is 70.5. The molecule has 2 aliphatic rings. The molecule has 11 aromatic rings. The molecule has 0 N–H and O–H groups in total. The van der Waals surface area contributed by atoms with E-state index in [1.54, 1.807) is 0 Å². The Balaban J connectivity index is 0.957. The Kier molecular flexibility index (Phi) is 7.70. The van der Waals surface area contributed by atoms with E-state index >= 15 is 0 Å². The number of hydrogen-bond acceptors (Lipinski definition) is 3. The molecule has 2 atom stereocenters. The predicted octanol–water partition coefficient (Wildman–Crippen LogP) is 14.8. The highest BCUT2D eigenvalue weighted by molar-refractivity contribution is 6.11. The van der Waals surface area contributed by atoms with Crippen LogP contribution in [0.5, 0.6) is 0 Å². The SMILES string of the molecule is C1=CC2c3cc(-c4ccc5c(c4)c4ccccc4n5-c4cccc5ccccc45)ccc3N(c3nc(-c4ccc5ccccc5c4)cc(-c4ccc5ccccc5c4)n3)C2C=C1. The topological polar surface area (TPSA) is 34.0 Å². The molecule has 13 rings (SSSR count). The van der Waals surface area contributed by atoms with Gasteiger partial charge in [-0.2, -0.15) is 0 Å². The molecule has 0 fully saturated rings. The first-order valence-electron chi connectivity index (χ1n) is 21.4. The van der Waals surface area contributed by atoms with Gasteiger partial charge in [0.05, 0.1) is 34.2 Å². The minimum atomic E-state index is 0.0303. The summed E-state index contributed by atoms with van der Waals surface area (Å²) in [5.41, 5.74) is 12.3. The van der Waals surface area contributed by atoms with Crippen molar-refractivity contribution >= 4 is 65.8 Å². The van der Waals surface area contributed by atoms with Crippen molar-refractivity contribution in [1.29, 1.82) is 0 Å². The van der Waals surface area contributed by atoms with Gasteiger partial charge in [0.15, 0.2) is 0 Å². The molecule has 290 valence electrons. The second-order valence-corrected chi connectivity index (χ2v) is 16.6. The van der Waals surface area contributed by atoms with Gasteiger partial charge in [0.2, 0.25) is 5.95 Å². The Morgan fingerprint density at radius 2 is 0.952 bits per heavy atom. The average Bonchev–Trinajstić information content (AvgIpc) is 3.85. The first kappa shape index (κ1) is 34.8. The van der Waals surface area contributed by atoms with Gasteiger partial charge in [-0.25, -0.2) is 9.97 Å². The Labute approximate surface area is 359 Å². The lowest BCUT2D eigenvalue weighted by Crippen LogP contribution is -2.30. The fourth-order valence-electron chi connectivity index (χ4n) is 10.1. The summed E-state index contributed by atoms with van der Waals surface area (Å²) in [5, 5.41) is 9.76. The third-order valence-electron chi connectivity index (χ3n) is 13.1. The van der Waals surface area contributed by atoms with E-state index in [1.807, 2.05) is 0 Å². The lowest BCUT2D eigenvalue weighted by atomic mass is 9.89. The van der Waals surface area contributed by atoms with Crippen LogP contribution in [0, 0.1) is 0 Å². The summed E-state index contributed by atoms with van der Waals surface area (Å²) in [7, 11) is 0. The van der Waals surface area contributed by atoms with Gasteiger partial charge in [0, 0.05) is 38.9 Å². The van der Waals surface area contributed by atoms with E-state index in [4.69, 9.17) is 9.97 Å². The van der Waals surface area contributed by atoms with Gasteiger partial charge in [-0.05, 0) is 98.2 Å². The van der Waals surface area contributed by atoms with Crippen molar-refractivity contribution in [2.24, 2.45) is 0 Å². The van der Waals surface area contributed by atoms with E-state index in [1.165, 1.54) is 76.5 Å². The van der Waals surface area contributed by atoms with Gasteiger partial charge in [-0.3, -0.25) is 0 Å². The minimum absolute atomic E-state index is 0.0303. The molecular formula is C58H38N4. The van der Waals surface area contributed by atoms with E-state index in [0.29, 0.717) is 5.95 Å². The van der Waals surface area contributed by atoms with Gasteiger partial charge in [-0.15, -0.1) is 0 Å². The first-order valence-corrected chi connectivity index (χ1v) is 21.4. The van der Waals surface area contributed by atoms with Crippen LogP contribution < -0.4 is 4.90 Å². The molecule has 1 aliphatic carbocycles. The van der Waals surface area contributed by atoms with Crippen molar-refractivity contribution in [3.63, 3.8) is 0 Å². The second kappa shape index (κ2) is 13.7. The number of hydrogen-bond donors (Lipinski definition) is 0. The summed E-state index contributed by atoms with van der Waals surface area (Å²) in [6.07, 6.45) is 8.99. The van der Waals surface area contributed by atoms with Crippen molar-refractivity contribution in [2.75, 3.05) is 4.90 Å². The Hall–Kier alpha value is -8.08. The monoisotopic (exact) mass is 790 g/mol. The minimum Gasteiger partial charge on any atom is -0.309 e. The quantitative estimate of drug-likeness (QED) is 0.174. The molecule has 0 amide bonds. The maximum absolute atomic E-state index is 5.41. The zero-order chi connectivity index (χ0) is 40.7. The van der Waals surface area contributed by atoms with Crippen molar-refractivity contribution in [1.82, 2.24) is 14.5 Å². The van der Waals surface area contributed by atoms with Crippen molar-refractivity contribution in [3.8, 4) is 39.3 Å². The molecule has 0 spiro atoms. The molecule has 0 radical (unpaired) electrons. The molecule has 1 aliphatic heterocycles. The average molecular weight is 791 g/mol. The van der Waals surface area contributed by atoms with Crippen LogP contribution in [0.15, 0.2) is 218 Å². The molecule has 4 nitrogen and oxygen atoms in total. The second-order valence-electron chi connectivity index (χ2n) is 16.6. The zero-order valence-electron chi connectivity index (χ0n) is 33.7. The highest BCUT2D eigenvalue weighted by atomic mass is 15.3. The lowest BCUT2D eigenvalue weighted by Gasteiger charge is -2.27. The molecular weight excluding hydrogens is 753 g/mol. The van der Waals surface area contributed by atoms with Gasteiger partial charge < -0.3 is 9.47 Å². The van der Waals surface area contributed by atoms with E-state index in [-0.39, 0.29) is 12.0 Å². The molecule has 9 aromatic carbocycles. The van der Waals surface area contributed by atoms with Crippen LogP contribution in [0.25, 0.3) is 93.5 Å². The standard InChI is InChI=1S/C58H38N4/c1-3-15-40-32-44(26-24-37(40)12-1)51-36-52(45-27-25-38-13-2-4-16-41(38)33-45)60-58(59-51)62-55-22-10-8-20-48(55)50-35-43(29-31-57(50)62)42-28-30-56-49(34-42)47-19-7-9-21-54(47)61(56)53-23-11-17-39-14-5-6-18-46(39)53/h1-36,48,55H. The number of aromatic nitrogens is 3. The largest absolute Gasteiger partial charge is 0.309 e. The van der Waals surface area contributed by atoms with E-state index < -0.39 is 0 Å². The maximum atomic E-state index is 5.41. The number of nitrogens with zero attached hydrogens (tertiary/aromatic N) is 4. The van der Waals surface area contributed by atoms with E-state index in [0.717, 1.165) is 28.2 Å². The highest BCUT2D eigenvalue weighted by Gasteiger charge is 2.39. The first-order chi connectivity index (χ1) is 30.7. The molecule has 3 heterocycles. The Morgan fingerprint density at radius 3 is 1.71 bits per heavy atom. The van der Waals surface area contributed by atoms with Gasteiger partial charge in [0.1, 0.15) is 0 Å². The Morgan fingerprint density at radius 1 is 0.371 bits per heavy atom. The number of anilines is 2. The van der Waals surface area contributed by atoms with Crippen LogP contribution >= 0.6 is 0 Å². The Bertz CT molecular complexity index is 3580. The van der Waals surface area contributed by atoms with E-state index in [2.05, 4.69) is 228 Å².